The molecule has 8 atom stereocenters. The van der Waals surface area contributed by atoms with E-state index >= 15 is 0 Å². The molecule has 0 radical (unpaired) electrons. The van der Waals surface area contributed by atoms with Gasteiger partial charge in [-0.05, 0) is 86.5 Å². The zero-order chi connectivity index (χ0) is 21.0. The van der Waals surface area contributed by atoms with Crippen molar-refractivity contribution in [1.82, 2.24) is 10.6 Å². The van der Waals surface area contributed by atoms with Crippen LogP contribution in [0.2, 0.25) is 0 Å². The van der Waals surface area contributed by atoms with E-state index in [1.54, 1.807) is 0 Å². The van der Waals surface area contributed by atoms with Crippen molar-refractivity contribution in [3.05, 3.63) is 24.3 Å². The zero-order valence-corrected chi connectivity index (χ0v) is 18.1. The third-order valence-electron chi connectivity index (χ3n) is 9.18. The molecule has 1 amide bonds. The van der Waals surface area contributed by atoms with Gasteiger partial charge in [0.2, 0.25) is 5.91 Å². The maximum atomic E-state index is 14.5. The van der Waals surface area contributed by atoms with Crippen LogP contribution in [-0.2, 0) is 4.79 Å². The van der Waals surface area contributed by atoms with Gasteiger partial charge >= 0.3 is 0 Å². The van der Waals surface area contributed by atoms with Crippen LogP contribution in [0.5, 0.6) is 0 Å². The molecule has 5 heteroatoms. The van der Waals surface area contributed by atoms with Crippen molar-refractivity contribution in [3.63, 3.8) is 0 Å². The molecule has 0 aromatic rings. The highest BCUT2D eigenvalue weighted by molar-refractivity contribution is 5.84. The molecule has 166 valence electrons. The fourth-order valence-corrected chi connectivity index (χ4v) is 8.60. The fourth-order valence-electron chi connectivity index (χ4n) is 8.60. The van der Waals surface area contributed by atoms with E-state index in [0.29, 0.717) is 37.1 Å². The Morgan fingerprint density at radius 2 is 2.00 bits per heavy atom. The Morgan fingerprint density at radius 3 is 2.77 bits per heavy atom. The predicted octanol–water partition coefficient (Wildman–Crippen LogP) is 4.50. The molecule has 6 rings (SSSR count). The molecule has 1 heterocycles. The summed E-state index contributed by atoms with van der Waals surface area (Å²) in [5, 5.41) is 6.20. The molecule has 1 saturated heterocycles. The van der Waals surface area contributed by atoms with Crippen molar-refractivity contribution in [2.75, 3.05) is 19.8 Å². The van der Waals surface area contributed by atoms with Gasteiger partial charge in [-0.15, -0.1) is 0 Å². The molecular weight excluding hydrogens is 382 g/mol. The van der Waals surface area contributed by atoms with Crippen molar-refractivity contribution < 1.29 is 13.6 Å². The number of halogens is 2. The lowest BCUT2D eigenvalue weighted by atomic mass is 9.36. The molecule has 4 saturated carbocycles. The highest BCUT2D eigenvalue weighted by Crippen LogP contribution is 2.73. The van der Waals surface area contributed by atoms with Gasteiger partial charge in [-0.1, -0.05) is 31.2 Å². The summed E-state index contributed by atoms with van der Waals surface area (Å²) in [6.45, 7) is 3.03. The van der Waals surface area contributed by atoms with Gasteiger partial charge in [0, 0.05) is 6.54 Å². The van der Waals surface area contributed by atoms with Gasteiger partial charge in [-0.3, -0.25) is 9.18 Å². The van der Waals surface area contributed by atoms with Crippen LogP contribution in [0.1, 0.15) is 58.3 Å². The number of carbonyl (C=O) groups excluding carboxylic acids is 1. The number of piperidine rings is 1. The first-order valence-electron chi connectivity index (χ1n) is 12.0. The van der Waals surface area contributed by atoms with Crippen LogP contribution in [0.15, 0.2) is 24.3 Å². The highest BCUT2D eigenvalue weighted by Gasteiger charge is 2.67. The van der Waals surface area contributed by atoms with Crippen LogP contribution < -0.4 is 10.6 Å². The highest BCUT2D eigenvalue weighted by atomic mass is 19.1. The summed E-state index contributed by atoms with van der Waals surface area (Å²) in [5.41, 5.74) is -0.451. The first-order valence-corrected chi connectivity index (χ1v) is 12.0. The van der Waals surface area contributed by atoms with E-state index in [2.05, 4.69) is 41.9 Å². The summed E-state index contributed by atoms with van der Waals surface area (Å²) in [5.74, 6) is 1.38. The Balaban J connectivity index is 1.47. The number of carbonyl (C=O) groups is 1. The maximum Gasteiger partial charge on any atom is 0.226 e. The van der Waals surface area contributed by atoms with Gasteiger partial charge in [-0.2, -0.15) is 0 Å². The fraction of sp³-hybridized carbons (Fsp3) is 0.800. The zero-order valence-electron chi connectivity index (χ0n) is 18.1. The van der Waals surface area contributed by atoms with Crippen LogP contribution in [0, 0.1) is 34.0 Å². The number of allylic oxidation sites excluding steroid dienone is 4. The lowest BCUT2D eigenvalue weighted by Crippen LogP contribution is -2.65. The molecular formula is C25H36F2N2O. The molecule has 2 N–H and O–H groups in total. The van der Waals surface area contributed by atoms with E-state index < -0.39 is 17.6 Å². The molecule has 4 bridgehead atoms. The van der Waals surface area contributed by atoms with Crippen molar-refractivity contribution in [2.24, 2.45) is 34.0 Å². The summed E-state index contributed by atoms with van der Waals surface area (Å²) in [4.78, 5) is 13.7. The third-order valence-corrected chi connectivity index (χ3v) is 9.18. The van der Waals surface area contributed by atoms with Crippen molar-refractivity contribution in [2.45, 2.75) is 70.5 Å². The monoisotopic (exact) mass is 418 g/mol. The topological polar surface area (TPSA) is 41.1 Å². The minimum absolute atomic E-state index is 0.0525. The summed E-state index contributed by atoms with van der Waals surface area (Å²) >= 11 is 0. The Kier molecular flexibility index (Phi) is 5.11. The summed E-state index contributed by atoms with van der Waals surface area (Å²) in [7, 11) is 0. The van der Waals surface area contributed by atoms with Crippen LogP contribution >= 0.6 is 0 Å². The number of hydrogen-bond acceptors (Lipinski definition) is 2. The first kappa shape index (κ1) is 20.7. The Morgan fingerprint density at radius 1 is 1.17 bits per heavy atom. The number of hydrogen-bond donors (Lipinski definition) is 2. The second-order valence-electron chi connectivity index (χ2n) is 11.3. The quantitative estimate of drug-likeness (QED) is 0.690. The SMILES string of the molecule is CC1C=CC=CC1[C@]12CC3CC(C(=O)N[C@@H]4CCNC[C@@H]4F)(C[C@](CCF)(C3)C1)C2. The molecule has 0 spiro atoms. The van der Waals surface area contributed by atoms with Crippen molar-refractivity contribution in [1.29, 1.82) is 0 Å². The van der Waals surface area contributed by atoms with E-state index in [-0.39, 0.29) is 23.4 Å². The summed E-state index contributed by atoms with van der Waals surface area (Å²) in [6.07, 6.45) is 14.9. The molecule has 30 heavy (non-hydrogen) atoms. The Labute approximate surface area is 179 Å². The van der Waals surface area contributed by atoms with Crippen molar-refractivity contribution >= 4 is 5.91 Å². The van der Waals surface area contributed by atoms with Gasteiger partial charge < -0.3 is 10.6 Å². The molecule has 5 fully saturated rings. The maximum absolute atomic E-state index is 14.5. The minimum atomic E-state index is -1.03. The van der Waals surface area contributed by atoms with Crippen LogP contribution in [0.25, 0.3) is 0 Å². The van der Waals surface area contributed by atoms with E-state index in [1.807, 2.05) is 0 Å². The number of rotatable bonds is 5. The van der Waals surface area contributed by atoms with Crippen LogP contribution in [0.4, 0.5) is 8.78 Å². The van der Waals surface area contributed by atoms with E-state index in [0.717, 1.165) is 45.1 Å². The Bertz CT molecular complexity index is 753. The predicted molar refractivity (Wildman–Crippen MR) is 114 cm³/mol. The average molecular weight is 419 g/mol. The van der Waals surface area contributed by atoms with Gasteiger partial charge in [0.15, 0.2) is 0 Å². The van der Waals surface area contributed by atoms with Gasteiger partial charge in [0.25, 0.3) is 0 Å². The molecule has 3 nitrogen and oxygen atoms in total. The van der Waals surface area contributed by atoms with Crippen LogP contribution in [-0.4, -0.2) is 37.9 Å². The molecule has 0 aromatic carbocycles. The van der Waals surface area contributed by atoms with E-state index in [1.165, 1.54) is 0 Å². The smallest absolute Gasteiger partial charge is 0.226 e. The lowest BCUT2D eigenvalue weighted by Gasteiger charge is -2.68. The van der Waals surface area contributed by atoms with E-state index in [4.69, 9.17) is 0 Å². The third kappa shape index (κ3) is 3.27. The van der Waals surface area contributed by atoms with Gasteiger partial charge in [-0.25, -0.2) is 4.39 Å². The number of alkyl halides is 2. The Hall–Kier alpha value is -1.23. The van der Waals surface area contributed by atoms with Crippen LogP contribution in [0.3, 0.4) is 0 Å². The largest absolute Gasteiger partial charge is 0.350 e. The second-order valence-corrected chi connectivity index (χ2v) is 11.3. The van der Waals surface area contributed by atoms with Gasteiger partial charge in [0.05, 0.1) is 18.1 Å². The van der Waals surface area contributed by atoms with Gasteiger partial charge in [0.1, 0.15) is 6.17 Å². The normalized spacial score (nSPS) is 49.4. The average Bonchev–Trinajstić information content (AvgIpc) is 2.69. The molecule has 5 aliphatic carbocycles. The first-order chi connectivity index (χ1) is 14.4. The minimum Gasteiger partial charge on any atom is -0.350 e. The molecule has 0 aromatic heterocycles. The van der Waals surface area contributed by atoms with Crippen molar-refractivity contribution in [3.8, 4) is 0 Å². The molecule has 1 aliphatic heterocycles. The summed E-state index contributed by atoms with van der Waals surface area (Å²) in [6, 6.07) is -0.392. The number of amides is 1. The molecule has 6 aliphatic rings. The second kappa shape index (κ2) is 7.43. The number of nitrogens with one attached hydrogen (secondary N) is 2. The van der Waals surface area contributed by atoms with E-state index in [9.17, 15) is 13.6 Å². The lowest BCUT2D eigenvalue weighted by molar-refractivity contribution is -0.190. The standard InChI is InChI=1S/C25H36F2N2O/c1-17-4-2-3-5-19(17)24-11-18-10-23(14-24,7-8-26)15-25(12-18,16-24)22(30)29-21-6-9-28-13-20(21)27/h2-5,17-21,28H,6-16H2,1H3,(H,29,30)/t17?,18?,19?,20-,21+,23+,24+,25?/m0/s1. The summed E-state index contributed by atoms with van der Waals surface area (Å²) < 4.78 is 28.2. The molecule has 4 unspecified atom stereocenters.